The predicted molar refractivity (Wildman–Crippen MR) is 58.8 cm³/mol. The number of alkyl carbamates (subject to hydrolysis) is 1. The number of amides is 2. The summed E-state index contributed by atoms with van der Waals surface area (Å²) in [4.78, 5) is 24.2. The number of rotatable bonds is 3. The molecule has 0 aromatic heterocycles. The van der Waals surface area contributed by atoms with Crippen LogP contribution in [0.2, 0.25) is 0 Å². The summed E-state index contributed by atoms with van der Waals surface area (Å²) >= 11 is 0. The Kier molecular flexibility index (Phi) is 5.21. The average molecular weight is 229 g/mol. The highest BCUT2D eigenvalue weighted by molar-refractivity contribution is 5.92. The van der Waals surface area contributed by atoms with Gasteiger partial charge in [-0.15, -0.1) is 0 Å². The Balaban J connectivity index is 2.30. The predicted octanol–water partition coefficient (Wildman–Crippen LogP) is -0.460. The highest BCUT2D eigenvalue weighted by Gasteiger charge is 2.21. The molecule has 1 unspecified atom stereocenters. The van der Waals surface area contributed by atoms with E-state index in [1.54, 1.807) is 0 Å². The van der Waals surface area contributed by atoms with Gasteiger partial charge in [-0.25, -0.2) is 4.79 Å². The maximum absolute atomic E-state index is 11.4. The van der Waals surface area contributed by atoms with Gasteiger partial charge in [0.15, 0.2) is 0 Å². The van der Waals surface area contributed by atoms with Crippen LogP contribution < -0.4 is 11.1 Å². The SMILES string of the molecule is COC(=O)NC(=O)CN1CCCC(CN)C1. The fraction of sp³-hybridized carbons (Fsp3) is 0.800. The maximum atomic E-state index is 11.4. The van der Waals surface area contributed by atoms with Crippen LogP contribution in [0.3, 0.4) is 0 Å². The average Bonchev–Trinajstić information content (AvgIpc) is 2.28. The number of carbonyl (C=O) groups excluding carboxylic acids is 2. The fourth-order valence-electron chi connectivity index (χ4n) is 1.89. The van der Waals surface area contributed by atoms with E-state index >= 15 is 0 Å². The van der Waals surface area contributed by atoms with Gasteiger partial charge >= 0.3 is 6.09 Å². The second kappa shape index (κ2) is 6.44. The second-order valence-electron chi connectivity index (χ2n) is 4.02. The van der Waals surface area contributed by atoms with Crippen molar-refractivity contribution in [3.05, 3.63) is 0 Å². The van der Waals surface area contributed by atoms with Crippen molar-refractivity contribution in [2.75, 3.05) is 33.3 Å². The van der Waals surface area contributed by atoms with Crippen molar-refractivity contribution in [2.45, 2.75) is 12.8 Å². The van der Waals surface area contributed by atoms with Crippen LogP contribution in [0.25, 0.3) is 0 Å². The van der Waals surface area contributed by atoms with Crippen LogP contribution in [0.5, 0.6) is 0 Å². The van der Waals surface area contributed by atoms with E-state index in [-0.39, 0.29) is 12.5 Å². The van der Waals surface area contributed by atoms with Crippen LogP contribution in [0.15, 0.2) is 0 Å². The number of hydrogen-bond donors (Lipinski definition) is 2. The lowest BCUT2D eigenvalue weighted by atomic mass is 9.98. The van der Waals surface area contributed by atoms with Gasteiger partial charge in [0.2, 0.25) is 5.91 Å². The Labute approximate surface area is 95.1 Å². The molecule has 0 aromatic carbocycles. The van der Waals surface area contributed by atoms with Gasteiger partial charge in [0.1, 0.15) is 0 Å². The molecule has 0 saturated carbocycles. The summed E-state index contributed by atoms with van der Waals surface area (Å²) in [5.41, 5.74) is 5.60. The zero-order chi connectivity index (χ0) is 12.0. The topological polar surface area (TPSA) is 84.7 Å². The van der Waals surface area contributed by atoms with E-state index in [1.807, 2.05) is 4.90 Å². The third-order valence-corrected chi connectivity index (χ3v) is 2.73. The summed E-state index contributed by atoms with van der Waals surface area (Å²) in [6, 6.07) is 0. The number of nitrogens with zero attached hydrogens (tertiary/aromatic N) is 1. The first kappa shape index (κ1) is 12.9. The van der Waals surface area contributed by atoms with Crippen molar-refractivity contribution in [3.63, 3.8) is 0 Å². The first-order chi connectivity index (χ1) is 7.65. The molecule has 6 nitrogen and oxygen atoms in total. The van der Waals surface area contributed by atoms with Gasteiger partial charge in [0, 0.05) is 6.54 Å². The molecule has 0 aliphatic carbocycles. The van der Waals surface area contributed by atoms with E-state index in [0.29, 0.717) is 12.5 Å². The normalized spacial score (nSPS) is 21.5. The summed E-state index contributed by atoms with van der Waals surface area (Å²) in [5.74, 6) is 0.129. The van der Waals surface area contributed by atoms with Crippen LogP contribution in [0.1, 0.15) is 12.8 Å². The van der Waals surface area contributed by atoms with E-state index in [0.717, 1.165) is 25.9 Å². The van der Waals surface area contributed by atoms with E-state index in [4.69, 9.17) is 5.73 Å². The zero-order valence-corrected chi connectivity index (χ0v) is 9.57. The molecule has 6 heteroatoms. The molecular formula is C10H19N3O3. The molecule has 1 fully saturated rings. The van der Waals surface area contributed by atoms with E-state index in [2.05, 4.69) is 10.1 Å². The molecule has 0 spiro atoms. The van der Waals surface area contributed by atoms with Crippen molar-refractivity contribution in [2.24, 2.45) is 11.7 Å². The standard InChI is InChI=1S/C10H19N3O3/c1-16-10(15)12-9(14)7-13-4-2-3-8(5-11)6-13/h8H,2-7,11H2,1H3,(H,12,14,15). The first-order valence-corrected chi connectivity index (χ1v) is 5.46. The number of likely N-dealkylation sites (tertiary alicyclic amines) is 1. The first-order valence-electron chi connectivity index (χ1n) is 5.46. The summed E-state index contributed by atoms with van der Waals surface area (Å²) in [7, 11) is 1.23. The van der Waals surface area contributed by atoms with Gasteiger partial charge in [-0.2, -0.15) is 0 Å². The number of nitrogens with one attached hydrogen (secondary N) is 1. The van der Waals surface area contributed by atoms with Crippen molar-refractivity contribution in [3.8, 4) is 0 Å². The monoisotopic (exact) mass is 229 g/mol. The Morgan fingerprint density at radius 3 is 2.94 bits per heavy atom. The summed E-state index contributed by atoms with van der Waals surface area (Å²) in [6.45, 7) is 2.58. The molecule has 0 bridgehead atoms. The smallest absolute Gasteiger partial charge is 0.413 e. The molecule has 1 heterocycles. The van der Waals surface area contributed by atoms with Crippen molar-refractivity contribution in [1.29, 1.82) is 0 Å². The molecule has 0 radical (unpaired) electrons. The van der Waals surface area contributed by atoms with Gasteiger partial charge in [-0.1, -0.05) is 0 Å². The maximum Gasteiger partial charge on any atom is 0.413 e. The molecule has 2 amide bonds. The molecule has 16 heavy (non-hydrogen) atoms. The van der Waals surface area contributed by atoms with Crippen LogP contribution in [0, 0.1) is 5.92 Å². The molecule has 1 aliphatic rings. The lowest BCUT2D eigenvalue weighted by molar-refractivity contribution is -0.121. The fourth-order valence-corrected chi connectivity index (χ4v) is 1.89. The van der Waals surface area contributed by atoms with E-state index < -0.39 is 6.09 Å². The highest BCUT2D eigenvalue weighted by atomic mass is 16.5. The Hall–Kier alpha value is -1.14. The highest BCUT2D eigenvalue weighted by Crippen LogP contribution is 2.14. The third kappa shape index (κ3) is 4.16. The minimum Gasteiger partial charge on any atom is -0.453 e. The lowest BCUT2D eigenvalue weighted by Gasteiger charge is -2.31. The molecule has 3 N–H and O–H groups in total. The van der Waals surface area contributed by atoms with Crippen LogP contribution in [-0.4, -0.2) is 50.2 Å². The van der Waals surface area contributed by atoms with E-state index in [9.17, 15) is 9.59 Å². The quantitative estimate of drug-likeness (QED) is 0.684. The van der Waals surface area contributed by atoms with Crippen molar-refractivity contribution in [1.82, 2.24) is 10.2 Å². The zero-order valence-electron chi connectivity index (χ0n) is 9.57. The third-order valence-electron chi connectivity index (χ3n) is 2.73. The molecule has 1 aliphatic heterocycles. The summed E-state index contributed by atoms with van der Waals surface area (Å²) in [6.07, 6.45) is 1.45. The number of imide groups is 1. The Bertz CT molecular complexity index is 258. The molecular weight excluding hydrogens is 210 g/mol. The van der Waals surface area contributed by atoms with Crippen LogP contribution in [-0.2, 0) is 9.53 Å². The Morgan fingerprint density at radius 2 is 2.31 bits per heavy atom. The summed E-state index contributed by atoms with van der Waals surface area (Å²) in [5, 5.41) is 2.14. The largest absolute Gasteiger partial charge is 0.453 e. The van der Waals surface area contributed by atoms with Gasteiger partial charge in [-0.05, 0) is 31.8 Å². The van der Waals surface area contributed by atoms with Gasteiger partial charge < -0.3 is 10.5 Å². The minimum atomic E-state index is -0.711. The van der Waals surface area contributed by atoms with E-state index in [1.165, 1.54) is 7.11 Å². The van der Waals surface area contributed by atoms with Crippen molar-refractivity contribution < 1.29 is 14.3 Å². The molecule has 1 atom stereocenters. The molecule has 1 saturated heterocycles. The Morgan fingerprint density at radius 1 is 1.56 bits per heavy atom. The lowest BCUT2D eigenvalue weighted by Crippen LogP contribution is -2.45. The van der Waals surface area contributed by atoms with Gasteiger partial charge in [0.05, 0.1) is 13.7 Å². The molecule has 1 rings (SSSR count). The summed E-state index contributed by atoms with van der Waals surface area (Å²) < 4.78 is 4.34. The number of carbonyl (C=O) groups is 2. The minimum absolute atomic E-state index is 0.228. The second-order valence-corrected chi connectivity index (χ2v) is 4.02. The number of piperidine rings is 1. The van der Waals surface area contributed by atoms with Crippen LogP contribution >= 0.6 is 0 Å². The van der Waals surface area contributed by atoms with Gasteiger partial charge in [-0.3, -0.25) is 15.0 Å². The molecule has 0 aromatic rings. The number of methoxy groups -OCH3 is 1. The van der Waals surface area contributed by atoms with Crippen molar-refractivity contribution >= 4 is 12.0 Å². The number of nitrogens with two attached hydrogens (primary N) is 1. The molecule has 92 valence electrons. The number of ether oxygens (including phenoxy) is 1. The van der Waals surface area contributed by atoms with Crippen LogP contribution in [0.4, 0.5) is 4.79 Å². The number of hydrogen-bond acceptors (Lipinski definition) is 5. The van der Waals surface area contributed by atoms with Gasteiger partial charge in [0.25, 0.3) is 0 Å².